The van der Waals surface area contributed by atoms with Crippen LogP contribution in [0.5, 0.6) is 0 Å². The number of likely N-dealkylation sites (tertiary alicyclic amines) is 1. The Labute approximate surface area is 167 Å². The average molecular weight is 387 g/mol. The van der Waals surface area contributed by atoms with Gasteiger partial charge in [-0.2, -0.15) is 0 Å². The van der Waals surface area contributed by atoms with E-state index in [1.165, 1.54) is 12.8 Å². The number of nitrogens with zero attached hydrogens (tertiary/aromatic N) is 2. The van der Waals surface area contributed by atoms with Crippen molar-refractivity contribution in [3.63, 3.8) is 0 Å². The van der Waals surface area contributed by atoms with Crippen LogP contribution in [0.4, 0.5) is 0 Å². The maximum atomic E-state index is 13.4. The van der Waals surface area contributed by atoms with Crippen LogP contribution in [0.1, 0.15) is 71.6 Å². The van der Waals surface area contributed by atoms with Crippen LogP contribution in [0, 0.1) is 34.5 Å². The fraction of sp³-hybridized carbons (Fsp3) is 0.870. The third-order valence-corrected chi connectivity index (χ3v) is 9.80. The van der Waals surface area contributed by atoms with Gasteiger partial charge >= 0.3 is 0 Å². The molecule has 5 aliphatic rings. The molecule has 0 bridgehead atoms. The predicted molar refractivity (Wildman–Crippen MR) is 106 cm³/mol. The van der Waals surface area contributed by atoms with Crippen LogP contribution < -0.4 is 0 Å². The van der Waals surface area contributed by atoms with E-state index in [1.54, 1.807) is 0 Å². The van der Waals surface area contributed by atoms with Crippen LogP contribution in [-0.2, 0) is 9.59 Å². The monoisotopic (exact) mass is 386 g/mol. The second-order valence-corrected chi connectivity index (χ2v) is 10.7. The quantitative estimate of drug-likeness (QED) is 0.551. The van der Waals surface area contributed by atoms with Crippen molar-refractivity contribution in [2.75, 3.05) is 13.1 Å². The van der Waals surface area contributed by atoms with Crippen molar-refractivity contribution >= 4 is 17.3 Å². The fourth-order valence-corrected chi connectivity index (χ4v) is 8.18. The molecule has 0 aromatic rings. The van der Waals surface area contributed by atoms with E-state index in [2.05, 4.69) is 23.9 Å². The largest absolute Gasteiger partial charge is 0.411 e. The topological polar surface area (TPSA) is 70.0 Å². The van der Waals surface area contributed by atoms with E-state index in [0.29, 0.717) is 42.3 Å². The first kappa shape index (κ1) is 18.8. The highest BCUT2D eigenvalue weighted by atomic mass is 16.4. The number of hydrogen-bond acceptors (Lipinski definition) is 5. The zero-order valence-electron chi connectivity index (χ0n) is 17.3. The summed E-state index contributed by atoms with van der Waals surface area (Å²) in [6.07, 6.45) is 8.33. The third kappa shape index (κ3) is 2.37. The molecule has 28 heavy (non-hydrogen) atoms. The van der Waals surface area contributed by atoms with Crippen LogP contribution in [0.2, 0.25) is 0 Å². The molecule has 5 rings (SSSR count). The number of fused-ring (bicyclic) bond motifs is 5. The lowest BCUT2D eigenvalue weighted by atomic mass is 9.44. The summed E-state index contributed by atoms with van der Waals surface area (Å²) < 4.78 is 0. The van der Waals surface area contributed by atoms with Crippen molar-refractivity contribution < 1.29 is 14.8 Å². The molecule has 2 unspecified atom stereocenters. The number of oxime groups is 1. The molecule has 4 saturated carbocycles. The van der Waals surface area contributed by atoms with Gasteiger partial charge < -0.3 is 5.21 Å². The molecule has 0 aromatic heterocycles. The zero-order valence-corrected chi connectivity index (χ0v) is 17.3. The van der Waals surface area contributed by atoms with Gasteiger partial charge in [-0.25, -0.2) is 0 Å². The Morgan fingerprint density at radius 3 is 2.54 bits per heavy atom. The molecular formula is C23H34N2O3. The van der Waals surface area contributed by atoms with Gasteiger partial charge in [0.15, 0.2) is 0 Å². The lowest BCUT2D eigenvalue weighted by Gasteiger charge is -2.59. The summed E-state index contributed by atoms with van der Waals surface area (Å²) in [5.41, 5.74) is 0.294. The van der Waals surface area contributed by atoms with Crippen LogP contribution in [0.3, 0.4) is 0 Å². The number of hydrogen-bond donors (Lipinski definition) is 1. The molecule has 1 heterocycles. The first-order valence-corrected chi connectivity index (χ1v) is 11.4. The highest BCUT2D eigenvalue weighted by molar-refractivity contribution is 5.99. The minimum atomic E-state index is -0.335. The van der Waals surface area contributed by atoms with Crippen LogP contribution in [-0.4, -0.2) is 46.5 Å². The van der Waals surface area contributed by atoms with Gasteiger partial charge in [0.25, 0.3) is 0 Å². The number of ketones is 2. The molecule has 5 nitrogen and oxygen atoms in total. The van der Waals surface area contributed by atoms with E-state index in [0.717, 1.165) is 50.9 Å². The van der Waals surface area contributed by atoms with E-state index < -0.39 is 0 Å². The second kappa shape index (κ2) is 6.38. The van der Waals surface area contributed by atoms with Crippen LogP contribution in [0.15, 0.2) is 5.16 Å². The van der Waals surface area contributed by atoms with Gasteiger partial charge in [0.1, 0.15) is 11.6 Å². The summed E-state index contributed by atoms with van der Waals surface area (Å²) in [6, 6.07) is 0.342. The van der Waals surface area contributed by atoms with Crippen LogP contribution in [0.25, 0.3) is 0 Å². The first-order valence-electron chi connectivity index (χ1n) is 11.4. The molecule has 0 radical (unpaired) electrons. The van der Waals surface area contributed by atoms with Crippen molar-refractivity contribution in [1.29, 1.82) is 0 Å². The Bertz CT molecular complexity index is 727. The Balaban J connectivity index is 1.49. The average Bonchev–Trinajstić information content (AvgIpc) is 3.30. The normalized spacial score (nSPS) is 50.5. The summed E-state index contributed by atoms with van der Waals surface area (Å²) >= 11 is 0. The molecule has 0 spiro atoms. The Kier molecular flexibility index (Phi) is 4.28. The lowest BCUT2D eigenvalue weighted by Crippen LogP contribution is -2.62. The maximum absolute atomic E-state index is 13.4. The standard InChI is InChI=1S/C23H34N2O3/c1-22-8-7-17-15(16(22)5-6-21(22)27)13-19(26)18-11-14(25-9-3-4-10-25)12-20(24-28)23(17,18)2/h14-18,28H,3-13H2,1-2H3/t14?,15-,16-,17+,18?,22-,23+/m0/s1. The van der Waals surface area contributed by atoms with Crippen LogP contribution >= 0.6 is 0 Å². The summed E-state index contributed by atoms with van der Waals surface area (Å²) in [4.78, 5) is 28.6. The van der Waals surface area contributed by atoms with Crippen molar-refractivity contribution in [1.82, 2.24) is 4.90 Å². The van der Waals surface area contributed by atoms with Gasteiger partial charge in [-0.1, -0.05) is 19.0 Å². The highest BCUT2D eigenvalue weighted by Crippen LogP contribution is 2.64. The summed E-state index contributed by atoms with van der Waals surface area (Å²) in [5.74, 6) is 1.71. The number of rotatable bonds is 1. The molecule has 5 heteroatoms. The van der Waals surface area contributed by atoms with Gasteiger partial charge in [-0.05, 0) is 69.4 Å². The summed E-state index contributed by atoms with van der Waals surface area (Å²) in [6.45, 7) is 6.57. The molecule has 4 aliphatic carbocycles. The summed E-state index contributed by atoms with van der Waals surface area (Å²) in [7, 11) is 0. The first-order chi connectivity index (χ1) is 13.4. The smallest absolute Gasteiger partial charge is 0.139 e. The highest BCUT2D eigenvalue weighted by Gasteiger charge is 2.64. The molecule has 5 fully saturated rings. The number of carbonyl (C=O) groups excluding carboxylic acids is 2. The molecule has 0 amide bonds. The van der Waals surface area contributed by atoms with Crippen molar-refractivity contribution in [2.24, 2.45) is 39.7 Å². The minimum absolute atomic E-state index is 0.0274. The summed E-state index contributed by atoms with van der Waals surface area (Å²) in [5, 5.41) is 13.9. The molecular weight excluding hydrogens is 352 g/mol. The molecule has 1 saturated heterocycles. The zero-order chi connectivity index (χ0) is 19.7. The SMILES string of the molecule is C[C@]12C(=NO)CC(N3CCCC3)CC1C(=O)C[C@@H]1[C@H]2CC[C@]2(C)C(=O)CC[C@@H]12. The van der Waals surface area contributed by atoms with E-state index in [4.69, 9.17) is 0 Å². The Morgan fingerprint density at radius 2 is 1.82 bits per heavy atom. The Hall–Kier alpha value is -1.23. The second-order valence-electron chi connectivity index (χ2n) is 10.7. The van der Waals surface area contributed by atoms with Gasteiger partial charge in [-0.3, -0.25) is 14.5 Å². The van der Waals surface area contributed by atoms with E-state index in [9.17, 15) is 14.8 Å². The van der Waals surface area contributed by atoms with Gasteiger partial charge in [0, 0.05) is 42.1 Å². The van der Waals surface area contributed by atoms with Crippen molar-refractivity contribution in [3.05, 3.63) is 0 Å². The van der Waals surface area contributed by atoms with Crippen molar-refractivity contribution in [2.45, 2.75) is 77.7 Å². The molecule has 154 valence electrons. The fourth-order valence-electron chi connectivity index (χ4n) is 8.18. The molecule has 1 N–H and O–H groups in total. The number of Topliss-reactive ketones (excluding diaryl/α,β-unsaturated/α-hetero) is 2. The van der Waals surface area contributed by atoms with E-state index in [1.807, 2.05) is 0 Å². The van der Waals surface area contributed by atoms with E-state index >= 15 is 0 Å². The van der Waals surface area contributed by atoms with Crippen molar-refractivity contribution in [3.8, 4) is 0 Å². The van der Waals surface area contributed by atoms with Gasteiger partial charge in [-0.15, -0.1) is 0 Å². The Morgan fingerprint density at radius 1 is 1.07 bits per heavy atom. The van der Waals surface area contributed by atoms with Gasteiger partial charge in [0.05, 0.1) is 5.71 Å². The lowest BCUT2D eigenvalue weighted by molar-refractivity contribution is -0.148. The molecule has 0 aromatic carbocycles. The number of carbonyl (C=O) groups is 2. The predicted octanol–water partition coefficient (Wildman–Crippen LogP) is 3.68. The van der Waals surface area contributed by atoms with Gasteiger partial charge in [0.2, 0.25) is 0 Å². The molecule has 7 atom stereocenters. The molecule has 1 aliphatic heterocycles. The minimum Gasteiger partial charge on any atom is -0.411 e. The maximum Gasteiger partial charge on any atom is 0.139 e. The van der Waals surface area contributed by atoms with E-state index in [-0.39, 0.29) is 22.7 Å². The third-order valence-electron chi connectivity index (χ3n) is 9.80.